The normalized spacial score (nSPS) is 9.41. The molecule has 0 aliphatic heterocycles. The molecule has 0 atom stereocenters. The van der Waals surface area contributed by atoms with Crippen LogP contribution in [0.3, 0.4) is 0 Å². The van der Waals surface area contributed by atoms with Gasteiger partial charge >= 0.3 is 5.97 Å². The Morgan fingerprint density at radius 3 is 2.68 bits per heavy atom. The number of nitrogens with one attached hydrogen (secondary N) is 1. The number of rotatable bonds is 4. The van der Waals surface area contributed by atoms with Crippen LogP contribution in [0.1, 0.15) is 15.9 Å². The van der Waals surface area contributed by atoms with E-state index >= 15 is 0 Å². The van der Waals surface area contributed by atoms with Gasteiger partial charge in [-0.15, -0.1) is 0 Å². The summed E-state index contributed by atoms with van der Waals surface area (Å²) in [6.07, 6.45) is 2.77. The zero-order chi connectivity index (χ0) is 16.1. The zero-order valence-corrected chi connectivity index (χ0v) is 11.3. The minimum atomic E-state index is -1.18. The van der Waals surface area contributed by atoms with Gasteiger partial charge < -0.3 is 5.11 Å². The van der Waals surface area contributed by atoms with Crippen molar-refractivity contribution in [2.24, 2.45) is 5.10 Å². The molecule has 2 aromatic rings. The van der Waals surface area contributed by atoms with Gasteiger partial charge in [0.25, 0.3) is 0 Å². The van der Waals surface area contributed by atoms with Crippen molar-refractivity contribution in [1.82, 2.24) is 14.8 Å². The van der Waals surface area contributed by atoms with Crippen LogP contribution in [0.25, 0.3) is 5.69 Å². The van der Waals surface area contributed by atoms with Crippen LogP contribution in [-0.4, -0.2) is 31.6 Å². The Hall–Kier alpha value is -3.72. The number of carboxylic acid groups (broad SMARTS) is 1. The van der Waals surface area contributed by atoms with Gasteiger partial charge in [0.1, 0.15) is 24.8 Å². The van der Waals surface area contributed by atoms with E-state index in [2.05, 4.69) is 20.6 Å². The highest BCUT2D eigenvalue weighted by Gasteiger charge is 2.15. The molecule has 0 spiro atoms. The predicted molar refractivity (Wildman–Crippen MR) is 75.3 cm³/mol. The van der Waals surface area contributed by atoms with Gasteiger partial charge in [-0.3, -0.25) is 5.43 Å². The number of benzene rings is 1. The molecule has 1 heterocycles. The van der Waals surface area contributed by atoms with Crippen LogP contribution in [0.5, 0.6) is 0 Å². The first-order chi connectivity index (χ1) is 10.6. The largest absolute Gasteiger partial charge is 0.478 e. The Kier molecular flexibility index (Phi) is 4.11. The number of nitriles is 2. The molecule has 0 amide bonds. The number of nitrogens with zero attached hydrogens (tertiary/aromatic N) is 6. The second kappa shape index (κ2) is 6.15. The van der Waals surface area contributed by atoms with Gasteiger partial charge in [-0.25, -0.2) is 14.5 Å². The summed E-state index contributed by atoms with van der Waals surface area (Å²) in [4.78, 5) is 15.2. The number of hydrazone groups is 1. The lowest BCUT2D eigenvalue weighted by Gasteiger charge is -2.11. The molecule has 0 aliphatic rings. The summed E-state index contributed by atoms with van der Waals surface area (Å²) in [6, 6.07) is 6.23. The lowest BCUT2D eigenvalue weighted by atomic mass is 10.1. The smallest absolute Gasteiger partial charge is 0.337 e. The second-order valence-corrected chi connectivity index (χ2v) is 4.13. The summed E-state index contributed by atoms with van der Waals surface area (Å²) in [6.45, 7) is 1.67. The SMILES string of the molecule is Cc1cc(-n2cncn2)cc(C(=O)O)c1NN=C(C#N)C#N. The second-order valence-electron chi connectivity index (χ2n) is 4.13. The van der Waals surface area contributed by atoms with Crippen LogP contribution in [0.4, 0.5) is 5.69 Å². The van der Waals surface area contributed by atoms with Crippen molar-refractivity contribution < 1.29 is 9.90 Å². The van der Waals surface area contributed by atoms with Gasteiger partial charge in [-0.2, -0.15) is 20.7 Å². The summed E-state index contributed by atoms with van der Waals surface area (Å²) in [5, 5.41) is 34.1. The van der Waals surface area contributed by atoms with Crippen molar-refractivity contribution in [1.29, 1.82) is 10.5 Å². The number of hydrogen-bond donors (Lipinski definition) is 2. The lowest BCUT2D eigenvalue weighted by Crippen LogP contribution is -2.08. The summed E-state index contributed by atoms with van der Waals surface area (Å²) in [5.74, 6) is -1.18. The molecule has 22 heavy (non-hydrogen) atoms. The van der Waals surface area contributed by atoms with Crippen molar-refractivity contribution >= 4 is 17.4 Å². The first kappa shape index (κ1) is 14.7. The molecule has 0 saturated carbocycles. The number of hydrogen-bond acceptors (Lipinski definition) is 7. The average Bonchev–Trinajstić information content (AvgIpc) is 3.03. The molecular formula is C13H9N7O2. The summed E-state index contributed by atoms with van der Waals surface area (Å²) < 4.78 is 1.42. The molecule has 0 fully saturated rings. The van der Waals surface area contributed by atoms with Crippen molar-refractivity contribution in [3.8, 4) is 17.8 Å². The van der Waals surface area contributed by atoms with Crippen LogP contribution < -0.4 is 5.43 Å². The van der Waals surface area contributed by atoms with Crippen LogP contribution in [0.2, 0.25) is 0 Å². The van der Waals surface area contributed by atoms with Gasteiger partial charge in [-0.05, 0) is 24.6 Å². The minimum absolute atomic E-state index is 0.0653. The Morgan fingerprint density at radius 1 is 1.41 bits per heavy atom. The monoisotopic (exact) mass is 295 g/mol. The molecule has 1 aromatic carbocycles. The number of aromatic nitrogens is 3. The third kappa shape index (κ3) is 2.89. The molecule has 1 aromatic heterocycles. The summed E-state index contributed by atoms with van der Waals surface area (Å²) >= 11 is 0. The number of anilines is 1. The fourth-order valence-electron chi connectivity index (χ4n) is 1.75. The Bertz CT molecular complexity index is 809. The van der Waals surface area contributed by atoms with E-state index in [-0.39, 0.29) is 11.3 Å². The fraction of sp³-hybridized carbons (Fsp3) is 0.0769. The Morgan fingerprint density at radius 2 is 2.14 bits per heavy atom. The highest BCUT2D eigenvalue weighted by Crippen LogP contribution is 2.24. The first-order valence-electron chi connectivity index (χ1n) is 5.93. The molecule has 2 rings (SSSR count). The van der Waals surface area contributed by atoms with Gasteiger partial charge in [0.15, 0.2) is 0 Å². The number of carbonyl (C=O) groups is 1. The van der Waals surface area contributed by atoms with Crippen molar-refractivity contribution in [3.05, 3.63) is 35.9 Å². The summed E-state index contributed by atoms with van der Waals surface area (Å²) in [7, 11) is 0. The molecule has 0 aliphatic carbocycles. The molecule has 108 valence electrons. The molecule has 0 saturated heterocycles. The maximum absolute atomic E-state index is 11.4. The van der Waals surface area contributed by atoms with E-state index in [1.165, 1.54) is 23.4 Å². The molecule has 9 nitrogen and oxygen atoms in total. The van der Waals surface area contributed by atoms with Crippen molar-refractivity contribution in [3.63, 3.8) is 0 Å². The third-order valence-corrected chi connectivity index (χ3v) is 2.73. The van der Waals surface area contributed by atoms with E-state index in [1.54, 1.807) is 25.1 Å². The van der Waals surface area contributed by atoms with E-state index < -0.39 is 11.7 Å². The Balaban J connectivity index is 2.51. The standard InChI is InChI=1S/C13H9N7O2/c1-8-2-10(20-7-16-6-17-20)3-11(13(21)22)12(8)19-18-9(4-14)5-15/h2-3,6-7,19H,1H3,(H,21,22). The molecule has 0 bridgehead atoms. The quantitative estimate of drug-likeness (QED) is 0.635. The highest BCUT2D eigenvalue weighted by atomic mass is 16.4. The topological polar surface area (TPSA) is 140 Å². The predicted octanol–water partition coefficient (Wildman–Crippen LogP) is 1.09. The van der Waals surface area contributed by atoms with E-state index in [1.807, 2.05) is 0 Å². The van der Waals surface area contributed by atoms with E-state index in [9.17, 15) is 9.90 Å². The van der Waals surface area contributed by atoms with Crippen LogP contribution >= 0.6 is 0 Å². The van der Waals surface area contributed by atoms with Gasteiger partial charge in [0.2, 0.25) is 5.71 Å². The van der Waals surface area contributed by atoms with Crippen LogP contribution in [0, 0.1) is 29.6 Å². The van der Waals surface area contributed by atoms with E-state index in [4.69, 9.17) is 10.5 Å². The molecule has 0 radical (unpaired) electrons. The number of carboxylic acids is 1. The number of aromatic carboxylic acids is 1. The summed E-state index contributed by atoms with van der Waals surface area (Å²) in [5.41, 5.74) is 3.25. The molecule has 2 N–H and O–H groups in total. The van der Waals surface area contributed by atoms with E-state index in [0.29, 0.717) is 11.3 Å². The maximum Gasteiger partial charge on any atom is 0.337 e. The van der Waals surface area contributed by atoms with Crippen LogP contribution in [0.15, 0.2) is 29.9 Å². The van der Waals surface area contributed by atoms with Gasteiger partial charge in [0.05, 0.1) is 16.9 Å². The van der Waals surface area contributed by atoms with Gasteiger partial charge in [-0.1, -0.05) is 0 Å². The fourth-order valence-corrected chi connectivity index (χ4v) is 1.75. The van der Waals surface area contributed by atoms with E-state index in [0.717, 1.165) is 0 Å². The van der Waals surface area contributed by atoms with Crippen molar-refractivity contribution in [2.45, 2.75) is 6.92 Å². The lowest BCUT2D eigenvalue weighted by molar-refractivity contribution is 0.0698. The van der Waals surface area contributed by atoms with Gasteiger partial charge in [0, 0.05) is 0 Å². The maximum atomic E-state index is 11.4. The minimum Gasteiger partial charge on any atom is -0.478 e. The first-order valence-corrected chi connectivity index (χ1v) is 5.93. The molecular weight excluding hydrogens is 286 g/mol. The van der Waals surface area contributed by atoms with Crippen molar-refractivity contribution in [2.75, 3.05) is 5.43 Å². The third-order valence-electron chi connectivity index (χ3n) is 2.73. The average molecular weight is 295 g/mol. The Labute approximate surface area is 124 Å². The molecule has 0 unspecified atom stereocenters. The molecule has 9 heteroatoms. The number of aryl methyl sites for hydroxylation is 1. The highest BCUT2D eigenvalue weighted by molar-refractivity contribution is 6.10. The van der Waals surface area contributed by atoms with Crippen LogP contribution in [-0.2, 0) is 0 Å². The zero-order valence-electron chi connectivity index (χ0n) is 11.3.